The van der Waals surface area contributed by atoms with Gasteiger partial charge in [-0.05, 0) is 43.0 Å². The monoisotopic (exact) mass is 411 g/mol. The maximum absolute atomic E-state index is 12.9. The molecule has 0 bridgehead atoms. The summed E-state index contributed by atoms with van der Waals surface area (Å²) in [6.45, 7) is 5.06. The molecule has 4 rings (SSSR count). The number of halogens is 1. The molecule has 0 N–H and O–H groups in total. The van der Waals surface area contributed by atoms with Crippen LogP contribution in [-0.2, 0) is 11.2 Å². The van der Waals surface area contributed by atoms with Crippen LogP contribution >= 0.6 is 11.6 Å². The first-order valence-corrected chi connectivity index (χ1v) is 10.6. The number of hydrogen-bond donors (Lipinski definition) is 0. The van der Waals surface area contributed by atoms with E-state index in [0.717, 1.165) is 17.5 Å². The number of hydrogen-bond acceptors (Lipinski definition) is 3. The molecule has 1 fully saturated rings. The first-order valence-electron chi connectivity index (χ1n) is 10.2. The van der Waals surface area contributed by atoms with Gasteiger partial charge in [0.25, 0.3) is 0 Å². The maximum atomic E-state index is 12.9. The topological polar surface area (TPSA) is 46.6 Å². The molecule has 2 heterocycles. The van der Waals surface area contributed by atoms with Gasteiger partial charge in [-0.15, -0.1) is 0 Å². The fourth-order valence-corrected chi connectivity index (χ4v) is 4.65. The molecule has 2 aromatic carbocycles. The predicted molar refractivity (Wildman–Crippen MR) is 114 cm³/mol. The zero-order valence-electron chi connectivity index (χ0n) is 17.0. The van der Waals surface area contributed by atoms with Crippen molar-refractivity contribution in [1.82, 2.24) is 4.90 Å². The summed E-state index contributed by atoms with van der Waals surface area (Å²) >= 11 is 6.33. The summed E-state index contributed by atoms with van der Waals surface area (Å²) in [6, 6.07) is 11.9. The van der Waals surface area contributed by atoms with E-state index in [1.54, 1.807) is 0 Å². The summed E-state index contributed by atoms with van der Waals surface area (Å²) in [5, 5.41) is 0.635. The molecule has 29 heavy (non-hydrogen) atoms. The molecule has 152 valence electrons. The standard InChI is InChI=1S/C24H26ClNO3/c1-16-14-20-22(17(2)23(16)25)19(27)15-24(29-20)10-12-26(13-11-24)21(28)9-8-18-6-4-3-5-7-18/h3-7,14H,8-13,15H2,1-2H3. The van der Waals surface area contributed by atoms with E-state index < -0.39 is 5.60 Å². The van der Waals surface area contributed by atoms with Gasteiger partial charge < -0.3 is 9.64 Å². The van der Waals surface area contributed by atoms with Crippen molar-refractivity contribution in [3.8, 4) is 5.75 Å². The lowest BCUT2D eigenvalue weighted by Gasteiger charge is -2.44. The van der Waals surface area contributed by atoms with Crippen LogP contribution in [-0.4, -0.2) is 35.3 Å². The van der Waals surface area contributed by atoms with Gasteiger partial charge in [0.05, 0.1) is 12.0 Å². The highest BCUT2D eigenvalue weighted by atomic mass is 35.5. The average Bonchev–Trinajstić information content (AvgIpc) is 2.71. The Kier molecular flexibility index (Phi) is 5.39. The number of likely N-dealkylation sites (tertiary alicyclic amines) is 1. The third-order valence-corrected chi connectivity index (χ3v) is 6.81. The van der Waals surface area contributed by atoms with E-state index in [1.165, 1.54) is 5.56 Å². The van der Waals surface area contributed by atoms with Crippen molar-refractivity contribution in [3.05, 3.63) is 63.7 Å². The van der Waals surface area contributed by atoms with Crippen molar-refractivity contribution in [2.75, 3.05) is 13.1 Å². The van der Waals surface area contributed by atoms with E-state index in [-0.39, 0.29) is 11.7 Å². The van der Waals surface area contributed by atoms with Gasteiger partial charge in [0, 0.05) is 37.4 Å². The number of amides is 1. The average molecular weight is 412 g/mol. The third kappa shape index (κ3) is 3.91. The number of Topliss-reactive ketones (excluding diaryl/α,β-unsaturated/α-hetero) is 1. The number of rotatable bonds is 3. The van der Waals surface area contributed by atoms with Gasteiger partial charge in [-0.3, -0.25) is 9.59 Å². The zero-order valence-corrected chi connectivity index (χ0v) is 17.7. The second-order valence-corrected chi connectivity index (χ2v) is 8.63. The Morgan fingerprint density at radius 3 is 2.55 bits per heavy atom. The van der Waals surface area contributed by atoms with Crippen LogP contribution in [0, 0.1) is 13.8 Å². The van der Waals surface area contributed by atoms with E-state index in [1.807, 2.05) is 55.1 Å². The number of benzene rings is 2. The quantitative estimate of drug-likeness (QED) is 0.720. The lowest BCUT2D eigenvalue weighted by atomic mass is 9.81. The van der Waals surface area contributed by atoms with Crippen LogP contribution in [0.15, 0.2) is 36.4 Å². The minimum atomic E-state index is -0.507. The van der Waals surface area contributed by atoms with Gasteiger partial charge in [0.15, 0.2) is 5.78 Å². The maximum Gasteiger partial charge on any atom is 0.222 e. The van der Waals surface area contributed by atoms with Gasteiger partial charge in [0.2, 0.25) is 5.91 Å². The molecule has 5 heteroatoms. The fraction of sp³-hybridized carbons (Fsp3) is 0.417. The number of carbonyl (C=O) groups excluding carboxylic acids is 2. The number of ketones is 1. The van der Waals surface area contributed by atoms with Gasteiger partial charge in [-0.25, -0.2) is 0 Å². The SMILES string of the molecule is Cc1cc2c(c(C)c1Cl)C(=O)CC1(CCN(C(=O)CCc3ccccc3)CC1)O2. The third-order valence-electron chi connectivity index (χ3n) is 6.23. The molecule has 2 aromatic rings. The molecule has 4 nitrogen and oxygen atoms in total. The van der Waals surface area contributed by atoms with E-state index in [2.05, 4.69) is 0 Å². The minimum absolute atomic E-state index is 0.0921. The van der Waals surface area contributed by atoms with Crippen LogP contribution in [0.3, 0.4) is 0 Å². The van der Waals surface area contributed by atoms with E-state index in [0.29, 0.717) is 55.1 Å². The molecule has 0 unspecified atom stereocenters. The van der Waals surface area contributed by atoms with Crippen molar-refractivity contribution in [3.63, 3.8) is 0 Å². The number of fused-ring (bicyclic) bond motifs is 1. The van der Waals surface area contributed by atoms with Crippen molar-refractivity contribution in [2.45, 2.75) is 51.6 Å². The van der Waals surface area contributed by atoms with Crippen LogP contribution in [0.25, 0.3) is 0 Å². The normalized spacial score (nSPS) is 17.8. The Hall–Kier alpha value is -2.33. The van der Waals surface area contributed by atoms with Crippen molar-refractivity contribution in [1.29, 1.82) is 0 Å². The zero-order chi connectivity index (χ0) is 20.6. The van der Waals surface area contributed by atoms with Crippen LogP contribution < -0.4 is 4.74 Å². The van der Waals surface area contributed by atoms with Gasteiger partial charge in [-0.1, -0.05) is 41.9 Å². The van der Waals surface area contributed by atoms with Gasteiger partial charge in [0.1, 0.15) is 11.4 Å². The molecular formula is C24H26ClNO3. The smallest absolute Gasteiger partial charge is 0.222 e. The Bertz CT molecular complexity index is 946. The fourth-order valence-electron chi connectivity index (χ4n) is 4.50. The van der Waals surface area contributed by atoms with E-state index in [4.69, 9.17) is 16.3 Å². The summed E-state index contributed by atoms with van der Waals surface area (Å²) < 4.78 is 6.39. The lowest BCUT2D eigenvalue weighted by molar-refractivity contribution is -0.134. The second-order valence-electron chi connectivity index (χ2n) is 8.26. The lowest BCUT2D eigenvalue weighted by Crippen LogP contribution is -2.52. The van der Waals surface area contributed by atoms with Crippen LogP contribution in [0.5, 0.6) is 5.75 Å². The van der Waals surface area contributed by atoms with Crippen molar-refractivity contribution >= 4 is 23.3 Å². The summed E-state index contributed by atoms with van der Waals surface area (Å²) in [5.41, 5.74) is 3.01. The van der Waals surface area contributed by atoms with Crippen LogP contribution in [0.1, 0.15) is 52.7 Å². The predicted octanol–water partition coefficient (Wildman–Crippen LogP) is 4.92. The molecule has 1 amide bonds. The number of aryl methyl sites for hydroxylation is 2. The number of ether oxygens (including phenoxy) is 1. The summed E-state index contributed by atoms with van der Waals surface area (Å²) in [6.07, 6.45) is 2.97. The van der Waals surface area contributed by atoms with E-state index >= 15 is 0 Å². The molecule has 2 aliphatic rings. The molecule has 0 radical (unpaired) electrons. The van der Waals surface area contributed by atoms with Crippen LogP contribution in [0.2, 0.25) is 5.02 Å². The molecule has 0 saturated carbocycles. The molecule has 0 aromatic heterocycles. The molecule has 0 atom stereocenters. The number of nitrogens with zero attached hydrogens (tertiary/aromatic N) is 1. The highest BCUT2D eigenvalue weighted by Crippen LogP contribution is 2.43. The van der Waals surface area contributed by atoms with Gasteiger partial charge >= 0.3 is 0 Å². The largest absolute Gasteiger partial charge is 0.486 e. The second kappa shape index (κ2) is 7.83. The Balaban J connectivity index is 1.41. The molecule has 1 spiro atoms. The summed E-state index contributed by atoms with van der Waals surface area (Å²) in [7, 11) is 0. The Morgan fingerprint density at radius 1 is 1.17 bits per heavy atom. The Labute approximate surface area is 176 Å². The first kappa shape index (κ1) is 20.0. The summed E-state index contributed by atoms with van der Waals surface area (Å²) in [5.74, 6) is 0.906. The summed E-state index contributed by atoms with van der Waals surface area (Å²) in [4.78, 5) is 27.4. The molecule has 0 aliphatic carbocycles. The van der Waals surface area contributed by atoms with E-state index in [9.17, 15) is 9.59 Å². The molecule has 2 aliphatic heterocycles. The first-order chi connectivity index (χ1) is 13.9. The Morgan fingerprint density at radius 2 is 1.86 bits per heavy atom. The molecule has 1 saturated heterocycles. The highest BCUT2D eigenvalue weighted by Gasteiger charge is 2.44. The highest BCUT2D eigenvalue weighted by molar-refractivity contribution is 6.32. The van der Waals surface area contributed by atoms with Crippen LogP contribution in [0.4, 0.5) is 0 Å². The van der Waals surface area contributed by atoms with Crippen molar-refractivity contribution in [2.24, 2.45) is 0 Å². The molecular weight excluding hydrogens is 386 g/mol. The number of carbonyl (C=O) groups is 2. The van der Waals surface area contributed by atoms with Crippen molar-refractivity contribution < 1.29 is 14.3 Å². The number of piperidine rings is 1. The minimum Gasteiger partial charge on any atom is -0.486 e. The van der Waals surface area contributed by atoms with Gasteiger partial charge in [-0.2, -0.15) is 0 Å².